The number of hydrogen-bond acceptors (Lipinski definition) is 2. The molecule has 0 radical (unpaired) electrons. The van der Waals surface area contributed by atoms with Gasteiger partial charge in [-0.2, -0.15) is 0 Å². The molecule has 0 bridgehead atoms. The van der Waals surface area contributed by atoms with Crippen molar-refractivity contribution < 1.29 is 4.79 Å². The average molecular weight is 296 g/mol. The van der Waals surface area contributed by atoms with Crippen molar-refractivity contribution in [2.75, 3.05) is 13.6 Å². The summed E-state index contributed by atoms with van der Waals surface area (Å²) in [5.74, 6) is 0.921. The van der Waals surface area contributed by atoms with Crippen molar-refractivity contribution in [3.05, 3.63) is 29.6 Å². The lowest BCUT2D eigenvalue weighted by atomic mass is 10.1. The molecule has 0 spiro atoms. The molecule has 0 fully saturated rings. The fraction of sp³-hybridized carbons (Fsp3) is 0.333. The molecule has 1 amide bonds. The Labute approximate surface area is 108 Å². The number of halogens is 1. The number of amides is 1. The molecule has 1 N–H and O–H groups in total. The zero-order valence-electron chi connectivity index (χ0n) is 9.83. The van der Waals surface area contributed by atoms with Gasteiger partial charge in [0.2, 0.25) is 0 Å². The van der Waals surface area contributed by atoms with Crippen LogP contribution in [0.5, 0.6) is 0 Å². The maximum atomic E-state index is 11.0. The van der Waals surface area contributed by atoms with Gasteiger partial charge in [-0.05, 0) is 31.0 Å². The van der Waals surface area contributed by atoms with E-state index in [-0.39, 0.29) is 4.82 Å². The Balaban J connectivity index is 2.11. The van der Waals surface area contributed by atoms with Gasteiger partial charge in [-0.3, -0.25) is 4.79 Å². The van der Waals surface area contributed by atoms with Crippen LogP contribution in [0, 0.1) is 6.92 Å². The third kappa shape index (κ3) is 2.85. The SMILES string of the molecule is Cc1nc2ccc(CCN(C)C(=O)Br)cc2[nH]1. The number of imidazole rings is 1. The van der Waals surface area contributed by atoms with Crippen LogP contribution in [0.4, 0.5) is 4.79 Å². The quantitative estimate of drug-likeness (QED) is 0.699. The molecular formula is C12H14BrN3O. The van der Waals surface area contributed by atoms with Crippen molar-refractivity contribution in [2.24, 2.45) is 0 Å². The number of benzene rings is 1. The van der Waals surface area contributed by atoms with Gasteiger partial charge in [-0.1, -0.05) is 6.07 Å². The number of aromatic amines is 1. The van der Waals surface area contributed by atoms with Gasteiger partial charge >= 0.3 is 0 Å². The molecule has 0 atom stereocenters. The Bertz CT molecular complexity index is 550. The molecule has 2 aromatic rings. The van der Waals surface area contributed by atoms with E-state index in [0.717, 1.165) is 23.3 Å². The number of carbonyl (C=O) groups is 1. The summed E-state index contributed by atoms with van der Waals surface area (Å²) < 4.78 is 0. The largest absolute Gasteiger partial charge is 0.342 e. The van der Waals surface area contributed by atoms with Crippen molar-refractivity contribution in [2.45, 2.75) is 13.3 Å². The van der Waals surface area contributed by atoms with E-state index in [0.29, 0.717) is 6.54 Å². The van der Waals surface area contributed by atoms with E-state index >= 15 is 0 Å². The number of aryl methyl sites for hydroxylation is 1. The molecule has 5 heteroatoms. The molecule has 1 heterocycles. The van der Waals surface area contributed by atoms with Gasteiger partial charge in [0.15, 0.2) is 0 Å². The molecule has 0 aliphatic heterocycles. The molecule has 0 saturated carbocycles. The summed E-state index contributed by atoms with van der Waals surface area (Å²) in [6.07, 6.45) is 0.835. The van der Waals surface area contributed by atoms with Gasteiger partial charge in [0, 0.05) is 29.5 Å². The molecule has 0 saturated heterocycles. The number of likely N-dealkylation sites (N-methyl/N-ethyl adjacent to an activating group) is 1. The van der Waals surface area contributed by atoms with Crippen LogP contribution in [-0.2, 0) is 6.42 Å². The zero-order valence-corrected chi connectivity index (χ0v) is 11.4. The predicted molar refractivity (Wildman–Crippen MR) is 71.5 cm³/mol. The normalized spacial score (nSPS) is 10.8. The summed E-state index contributed by atoms with van der Waals surface area (Å²) in [4.78, 5) is 20.1. The lowest BCUT2D eigenvalue weighted by Gasteiger charge is -2.12. The number of rotatable bonds is 3. The molecule has 0 aliphatic rings. The van der Waals surface area contributed by atoms with Gasteiger partial charge < -0.3 is 9.88 Å². The maximum Gasteiger partial charge on any atom is 0.289 e. The molecule has 17 heavy (non-hydrogen) atoms. The molecule has 4 nitrogen and oxygen atoms in total. The first-order chi connectivity index (χ1) is 8.06. The number of carbonyl (C=O) groups excluding carboxylic acids is 1. The highest BCUT2D eigenvalue weighted by atomic mass is 79.9. The highest BCUT2D eigenvalue weighted by Gasteiger charge is 2.05. The second-order valence-electron chi connectivity index (χ2n) is 4.10. The zero-order chi connectivity index (χ0) is 12.4. The number of fused-ring (bicyclic) bond motifs is 1. The lowest BCUT2D eigenvalue weighted by molar-refractivity contribution is 0.235. The minimum absolute atomic E-state index is 0.0871. The van der Waals surface area contributed by atoms with Crippen LogP contribution in [0.25, 0.3) is 11.0 Å². The van der Waals surface area contributed by atoms with E-state index in [1.54, 1.807) is 11.9 Å². The first kappa shape index (κ1) is 12.1. The Morgan fingerprint density at radius 1 is 1.53 bits per heavy atom. The monoisotopic (exact) mass is 295 g/mol. The van der Waals surface area contributed by atoms with E-state index in [1.807, 2.05) is 13.0 Å². The van der Waals surface area contributed by atoms with Gasteiger partial charge in [-0.25, -0.2) is 4.98 Å². The summed E-state index contributed by atoms with van der Waals surface area (Å²) >= 11 is 2.93. The van der Waals surface area contributed by atoms with Crippen molar-refractivity contribution in [1.29, 1.82) is 0 Å². The van der Waals surface area contributed by atoms with E-state index in [9.17, 15) is 4.79 Å². The van der Waals surface area contributed by atoms with E-state index < -0.39 is 0 Å². The van der Waals surface area contributed by atoms with Crippen LogP contribution in [-0.4, -0.2) is 33.3 Å². The summed E-state index contributed by atoms with van der Waals surface area (Å²) in [7, 11) is 1.77. The summed E-state index contributed by atoms with van der Waals surface area (Å²) in [5.41, 5.74) is 3.23. The minimum Gasteiger partial charge on any atom is -0.342 e. The number of nitrogens with one attached hydrogen (secondary N) is 1. The van der Waals surface area contributed by atoms with Gasteiger partial charge in [0.25, 0.3) is 4.82 Å². The molecule has 0 unspecified atom stereocenters. The topological polar surface area (TPSA) is 49.0 Å². The minimum atomic E-state index is -0.0871. The van der Waals surface area contributed by atoms with Crippen molar-refractivity contribution >= 4 is 31.8 Å². The van der Waals surface area contributed by atoms with E-state index in [1.165, 1.54) is 5.56 Å². The van der Waals surface area contributed by atoms with Gasteiger partial charge in [-0.15, -0.1) is 0 Å². The number of H-pyrrole nitrogens is 1. The van der Waals surface area contributed by atoms with Crippen LogP contribution in [0.1, 0.15) is 11.4 Å². The third-order valence-electron chi connectivity index (χ3n) is 2.70. The first-order valence-corrected chi connectivity index (χ1v) is 6.21. The summed E-state index contributed by atoms with van der Waals surface area (Å²) in [6.45, 7) is 2.64. The second kappa shape index (κ2) is 4.87. The molecule has 1 aromatic heterocycles. The maximum absolute atomic E-state index is 11.0. The highest BCUT2D eigenvalue weighted by molar-refractivity contribution is 9.18. The Morgan fingerprint density at radius 2 is 2.29 bits per heavy atom. The van der Waals surface area contributed by atoms with Crippen molar-refractivity contribution in [3.63, 3.8) is 0 Å². The predicted octanol–water partition coefficient (Wildman–Crippen LogP) is 2.86. The molecule has 90 valence electrons. The molecule has 1 aromatic carbocycles. The average Bonchev–Trinajstić information content (AvgIpc) is 2.64. The highest BCUT2D eigenvalue weighted by Crippen LogP contribution is 2.14. The number of aromatic nitrogens is 2. The van der Waals surface area contributed by atoms with Crippen LogP contribution < -0.4 is 0 Å². The fourth-order valence-electron chi connectivity index (χ4n) is 1.72. The lowest BCUT2D eigenvalue weighted by Crippen LogP contribution is -2.23. The van der Waals surface area contributed by atoms with E-state index in [4.69, 9.17) is 0 Å². The number of nitrogens with zero attached hydrogens (tertiary/aromatic N) is 2. The van der Waals surface area contributed by atoms with Gasteiger partial charge in [0.05, 0.1) is 11.0 Å². The molecule has 0 aliphatic carbocycles. The third-order valence-corrected chi connectivity index (χ3v) is 3.31. The van der Waals surface area contributed by atoms with Crippen molar-refractivity contribution in [3.8, 4) is 0 Å². The summed E-state index contributed by atoms with van der Waals surface area (Å²) in [5, 5.41) is 0. The Kier molecular flexibility index (Phi) is 3.47. The number of hydrogen-bond donors (Lipinski definition) is 1. The van der Waals surface area contributed by atoms with Crippen LogP contribution >= 0.6 is 15.9 Å². The Hall–Kier alpha value is -1.36. The smallest absolute Gasteiger partial charge is 0.289 e. The Morgan fingerprint density at radius 3 is 3.00 bits per heavy atom. The van der Waals surface area contributed by atoms with Crippen LogP contribution in [0.15, 0.2) is 18.2 Å². The van der Waals surface area contributed by atoms with Crippen LogP contribution in [0.3, 0.4) is 0 Å². The van der Waals surface area contributed by atoms with Crippen molar-refractivity contribution in [1.82, 2.24) is 14.9 Å². The van der Waals surface area contributed by atoms with Crippen LogP contribution in [0.2, 0.25) is 0 Å². The molecular weight excluding hydrogens is 282 g/mol. The standard InChI is InChI=1S/C12H14BrN3O/c1-8-14-10-4-3-9(7-11(10)15-8)5-6-16(2)12(13)17/h3-4,7H,5-6H2,1-2H3,(H,14,15). The first-order valence-electron chi connectivity index (χ1n) is 5.42. The van der Waals surface area contributed by atoms with Gasteiger partial charge in [0.1, 0.15) is 5.82 Å². The fourth-order valence-corrected chi connectivity index (χ4v) is 1.90. The molecule has 2 rings (SSSR count). The second-order valence-corrected chi connectivity index (χ2v) is 4.78. The summed E-state index contributed by atoms with van der Waals surface area (Å²) in [6, 6.07) is 6.14. The van der Waals surface area contributed by atoms with E-state index in [2.05, 4.69) is 38.0 Å².